The first kappa shape index (κ1) is 16.9. The van der Waals surface area contributed by atoms with Gasteiger partial charge in [0.15, 0.2) is 0 Å². The first-order valence-electron chi connectivity index (χ1n) is 7.98. The summed E-state index contributed by atoms with van der Waals surface area (Å²) < 4.78 is 40.3. The Bertz CT molecular complexity index is 468. The van der Waals surface area contributed by atoms with Crippen LogP contribution in [0.2, 0.25) is 0 Å². The van der Waals surface area contributed by atoms with Gasteiger partial charge in [0, 0.05) is 0 Å². The molecule has 1 aromatic rings. The van der Waals surface area contributed by atoms with Gasteiger partial charge in [-0.3, -0.25) is 0 Å². The van der Waals surface area contributed by atoms with Gasteiger partial charge in [0.1, 0.15) is 5.75 Å². The number of ether oxygens (including phenoxy) is 1. The molecule has 0 aliphatic heterocycles. The minimum Gasteiger partial charge on any atom is -0.406 e. The van der Waals surface area contributed by atoms with Crippen molar-refractivity contribution in [3.63, 3.8) is 0 Å². The fraction of sp³-hybridized carbons (Fsp3) is 0.556. The fourth-order valence-corrected chi connectivity index (χ4v) is 3.13. The molecule has 1 nitrogen and oxygen atoms in total. The van der Waals surface area contributed by atoms with Crippen LogP contribution >= 0.6 is 0 Å². The highest BCUT2D eigenvalue weighted by Gasteiger charge is 2.31. The topological polar surface area (TPSA) is 9.23 Å². The van der Waals surface area contributed by atoms with Crippen LogP contribution in [-0.2, 0) is 0 Å². The van der Waals surface area contributed by atoms with Crippen LogP contribution < -0.4 is 4.74 Å². The molecule has 4 heteroatoms. The number of allylic oxidation sites excluding steroid dienone is 2. The van der Waals surface area contributed by atoms with Crippen molar-refractivity contribution in [3.8, 4) is 5.75 Å². The first-order valence-corrected chi connectivity index (χ1v) is 7.98. The lowest BCUT2D eigenvalue weighted by Crippen LogP contribution is -2.17. The molecule has 1 fully saturated rings. The van der Waals surface area contributed by atoms with Crippen molar-refractivity contribution in [2.24, 2.45) is 5.92 Å². The van der Waals surface area contributed by atoms with Crippen LogP contribution in [0.5, 0.6) is 5.75 Å². The molecule has 0 radical (unpaired) electrons. The van der Waals surface area contributed by atoms with E-state index in [0.29, 0.717) is 5.92 Å². The molecule has 0 saturated heterocycles. The Morgan fingerprint density at radius 3 is 2.23 bits per heavy atom. The third-order valence-corrected chi connectivity index (χ3v) is 4.30. The molecule has 0 bridgehead atoms. The van der Waals surface area contributed by atoms with Crippen LogP contribution in [0.25, 0.3) is 0 Å². The SMILES string of the molecule is CCC=CCC1CCC(c2ccc(OC(F)(F)F)cc2)CC1. The van der Waals surface area contributed by atoms with E-state index in [4.69, 9.17) is 0 Å². The van der Waals surface area contributed by atoms with Gasteiger partial charge in [-0.25, -0.2) is 0 Å². The minimum absolute atomic E-state index is 0.144. The van der Waals surface area contributed by atoms with Crippen LogP contribution in [-0.4, -0.2) is 6.36 Å². The molecule has 1 aliphatic carbocycles. The van der Waals surface area contributed by atoms with E-state index >= 15 is 0 Å². The van der Waals surface area contributed by atoms with E-state index in [2.05, 4.69) is 23.8 Å². The smallest absolute Gasteiger partial charge is 0.406 e. The van der Waals surface area contributed by atoms with E-state index in [0.717, 1.165) is 37.2 Å². The zero-order valence-corrected chi connectivity index (χ0v) is 12.9. The van der Waals surface area contributed by atoms with Crippen molar-refractivity contribution < 1.29 is 17.9 Å². The second-order valence-corrected chi connectivity index (χ2v) is 5.95. The van der Waals surface area contributed by atoms with Crippen molar-refractivity contribution in [1.29, 1.82) is 0 Å². The molecule has 0 N–H and O–H groups in total. The van der Waals surface area contributed by atoms with Gasteiger partial charge in [-0.1, -0.05) is 31.2 Å². The zero-order chi connectivity index (χ0) is 16.0. The number of hydrogen-bond donors (Lipinski definition) is 0. The average molecular weight is 312 g/mol. The maximum absolute atomic E-state index is 12.1. The molecule has 122 valence electrons. The molecule has 0 heterocycles. The van der Waals surface area contributed by atoms with Gasteiger partial charge in [0.05, 0.1) is 0 Å². The highest BCUT2D eigenvalue weighted by atomic mass is 19.4. The molecular formula is C18H23F3O. The normalized spacial score (nSPS) is 22.9. The molecule has 0 unspecified atom stereocenters. The molecule has 1 saturated carbocycles. The largest absolute Gasteiger partial charge is 0.573 e. The summed E-state index contributed by atoms with van der Waals surface area (Å²) in [5.74, 6) is 1.08. The van der Waals surface area contributed by atoms with Crippen molar-refractivity contribution >= 4 is 0 Å². The van der Waals surface area contributed by atoms with Crippen LogP contribution in [0.1, 0.15) is 56.9 Å². The lowest BCUT2D eigenvalue weighted by Gasteiger charge is -2.28. The standard InChI is InChI=1S/C18H23F3O/c1-2-3-4-5-14-6-8-15(9-7-14)16-10-12-17(13-11-16)22-18(19,20)21/h3-4,10-15H,2,5-9H2,1H3. The third kappa shape index (κ3) is 5.39. The van der Waals surface area contributed by atoms with Crippen LogP contribution in [0.3, 0.4) is 0 Å². The highest BCUT2D eigenvalue weighted by Crippen LogP contribution is 2.37. The maximum atomic E-state index is 12.1. The van der Waals surface area contributed by atoms with E-state index in [1.165, 1.54) is 25.0 Å². The number of alkyl halides is 3. The summed E-state index contributed by atoms with van der Waals surface area (Å²) in [6.45, 7) is 2.14. The van der Waals surface area contributed by atoms with Crippen LogP contribution in [0.15, 0.2) is 36.4 Å². The molecular weight excluding hydrogens is 289 g/mol. The van der Waals surface area contributed by atoms with Gasteiger partial charge in [0.25, 0.3) is 0 Å². The molecule has 1 aromatic carbocycles. The summed E-state index contributed by atoms with van der Waals surface area (Å²) in [6, 6.07) is 6.36. The van der Waals surface area contributed by atoms with Crippen molar-refractivity contribution in [2.45, 2.75) is 57.7 Å². The Labute approximate surface area is 130 Å². The second kappa shape index (κ2) is 7.70. The van der Waals surface area contributed by atoms with Crippen molar-refractivity contribution in [3.05, 3.63) is 42.0 Å². The Hall–Kier alpha value is -1.45. The molecule has 1 aliphatic rings. The van der Waals surface area contributed by atoms with E-state index in [-0.39, 0.29) is 5.75 Å². The fourth-order valence-electron chi connectivity index (χ4n) is 3.13. The Morgan fingerprint density at radius 2 is 1.68 bits per heavy atom. The van der Waals surface area contributed by atoms with Crippen LogP contribution in [0, 0.1) is 5.92 Å². The van der Waals surface area contributed by atoms with Crippen molar-refractivity contribution in [2.75, 3.05) is 0 Å². The summed E-state index contributed by atoms with van der Waals surface area (Å²) in [4.78, 5) is 0. The van der Waals surface area contributed by atoms with E-state index in [1.54, 1.807) is 12.1 Å². The first-order chi connectivity index (χ1) is 10.5. The van der Waals surface area contributed by atoms with E-state index in [9.17, 15) is 13.2 Å². The number of hydrogen-bond acceptors (Lipinski definition) is 1. The van der Waals surface area contributed by atoms with Gasteiger partial charge in [0.2, 0.25) is 0 Å². The highest BCUT2D eigenvalue weighted by molar-refractivity contribution is 5.29. The molecule has 0 aromatic heterocycles. The third-order valence-electron chi connectivity index (χ3n) is 4.30. The summed E-state index contributed by atoms with van der Waals surface area (Å²) in [5, 5.41) is 0. The van der Waals surface area contributed by atoms with Gasteiger partial charge < -0.3 is 4.74 Å². The monoisotopic (exact) mass is 312 g/mol. The zero-order valence-electron chi connectivity index (χ0n) is 12.9. The number of rotatable bonds is 5. The second-order valence-electron chi connectivity index (χ2n) is 5.95. The Balaban J connectivity index is 1.85. The quantitative estimate of drug-likeness (QED) is 0.587. The predicted octanol–water partition coefficient (Wildman–Crippen LogP) is 6.22. The van der Waals surface area contributed by atoms with Crippen molar-refractivity contribution in [1.82, 2.24) is 0 Å². The minimum atomic E-state index is -4.62. The van der Waals surface area contributed by atoms with E-state index in [1.807, 2.05) is 0 Å². The maximum Gasteiger partial charge on any atom is 0.573 e. The molecule has 2 rings (SSSR count). The molecule has 0 amide bonds. The van der Waals surface area contributed by atoms with Gasteiger partial charge in [-0.2, -0.15) is 0 Å². The molecule has 0 spiro atoms. The van der Waals surface area contributed by atoms with Crippen LogP contribution in [0.4, 0.5) is 13.2 Å². The Morgan fingerprint density at radius 1 is 1.05 bits per heavy atom. The summed E-state index contributed by atoms with van der Waals surface area (Å²) in [6.07, 6.45) is 6.72. The van der Waals surface area contributed by atoms with E-state index < -0.39 is 6.36 Å². The van der Waals surface area contributed by atoms with Gasteiger partial charge in [-0.15, -0.1) is 13.2 Å². The molecule has 0 atom stereocenters. The summed E-state index contributed by atoms with van der Waals surface area (Å²) in [7, 11) is 0. The Kier molecular flexibility index (Phi) is 5.92. The van der Waals surface area contributed by atoms with Gasteiger partial charge in [-0.05, 0) is 68.1 Å². The summed E-state index contributed by atoms with van der Waals surface area (Å²) in [5.41, 5.74) is 1.12. The van der Waals surface area contributed by atoms with Gasteiger partial charge >= 0.3 is 6.36 Å². The predicted molar refractivity (Wildman–Crippen MR) is 81.9 cm³/mol. The number of halogens is 3. The summed E-state index contributed by atoms with van der Waals surface area (Å²) >= 11 is 0. The molecule has 22 heavy (non-hydrogen) atoms. The lowest BCUT2D eigenvalue weighted by atomic mass is 9.77. The average Bonchev–Trinajstić information content (AvgIpc) is 2.48. The number of benzene rings is 1. The lowest BCUT2D eigenvalue weighted by molar-refractivity contribution is -0.274.